The van der Waals surface area contributed by atoms with Gasteiger partial charge in [-0.3, -0.25) is 0 Å². The van der Waals surface area contributed by atoms with Gasteiger partial charge in [-0.15, -0.1) is 6.57 Å². The molecule has 0 aromatic heterocycles. The fourth-order valence-electron chi connectivity index (χ4n) is 5.70. The molecule has 0 saturated heterocycles. The van der Waals surface area contributed by atoms with Crippen LogP contribution in [0, 0.1) is 0 Å². The van der Waals surface area contributed by atoms with Crippen LogP contribution in [0.1, 0.15) is 62.3 Å². The highest BCUT2D eigenvalue weighted by atomic mass is 31.8. The molecule has 134 valence electrons. The molecule has 0 rings (SSSR count). The Kier molecular flexibility index (Phi) is 8.86. The largest absolute Gasteiger partial charge is 0.138 e. The highest BCUT2D eigenvalue weighted by molar-refractivity contribution is 8.37. The minimum atomic E-state index is -1.30. The fourth-order valence-corrected chi connectivity index (χ4v) is 88.0. The van der Waals surface area contributed by atoms with E-state index in [0.29, 0.717) is 6.57 Å². The van der Waals surface area contributed by atoms with Crippen LogP contribution in [0.15, 0.2) is 0 Å². The Labute approximate surface area is 146 Å². The van der Waals surface area contributed by atoms with Crippen molar-refractivity contribution in [2.24, 2.45) is 0 Å². The first-order valence-corrected chi connectivity index (χ1v) is 21.9. The van der Waals surface area contributed by atoms with Gasteiger partial charge in [0.05, 0.1) is 23.2 Å². The summed E-state index contributed by atoms with van der Waals surface area (Å²) in [5, 5.41) is 0. The van der Waals surface area contributed by atoms with Crippen LogP contribution in [-0.4, -0.2) is 23.2 Å². The maximum atomic E-state index is 2.73. The third kappa shape index (κ3) is 4.00. The Hall–Kier alpha value is 1.08. The summed E-state index contributed by atoms with van der Waals surface area (Å²) >= 11 is 0. The van der Waals surface area contributed by atoms with E-state index in [2.05, 4.69) is 82.0 Å². The molecule has 0 bridgehead atoms. The van der Waals surface area contributed by atoms with E-state index in [1.54, 1.807) is 0 Å². The molecule has 1 atom stereocenters. The molecular weight excluding hydrogens is 331 g/mol. The van der Waals surface area contributed by atoms with Gasteiger partial charge < -0.3 is 0 Å². The Morgan fingerprint density at radius 1 is 0.636 bits per heavy atom. The number of hydrogen-bond acceptors (Lipinski definition) is 0. The first-order valence-electron chi connectivity index (χ1n) is 9.68. The van der Waals surface area contributed by atoms with Crippen LogP contribution in [0.25, 0.3) is 0 Å². The normalized spacial score (nSPS) is 16.0. The average molecular weight is 377 g/mol. The van der Waals surface area contributed by atoms with E-state index in [4.69, 9.17) is 0 Å². The minimum Gasteiger partial charge on any atom is -0.138 e. The van der Waals surface area contributed by atoms with E-state index in [9.17, 15) is 0 Å². The maximum Gasteiger partial charge on any atom is 0.0809 e. The molecule has 0 aliphatic heterocycles. The predicted octanol–water partition coefficient (Wildman–Crippen LogP) is 8.48. The summed E-state index contributed by atoms with van der Waals surface area (Å²) in [5.74, 6) is 0. The molecule has 0 nitrogen and oxygen atoms in total. The molecule has 0 aromatic carbocycles. The zero-order valence-electron chi connectivity index (χ0n) is 17.8. The van der Waals surface area contributed by atoms with Crippen molar-refractivity contribution in [1.29, 1.82) is 0 Å². The average Bonchev–Trinajstić information content (AvgIpc) is 2.37. The van der Waals surface area contributed by atoms with E-state index >= 15 is 0 Å². The van der Waals surface area contributed by atoms with E-state index in [-0.39, 0.29) is 0 Å². The van der Waals surface area contributed by atoms with Gasteiger partial charge in [0.2, 0.25) is 0 Å². The third-order valence-corrected chi connectivity index (χ3v) is 63.1. The summed E-state index contributed by atoms with van der Waals surface area (Å²) in [6.07, 6.45) is 0. The molecule has 0 spiro atoms. The minimum absolute atomic E-state index is 0.301. The van der Waals surface area contributed by atoms with E-state index in [1.165, 1.54) is 18.1 Å². The Bertz CT molecular complexity index is 298. The van der Waals surface area contributed by atoms with E-state index in [1.807, 2.05) is 0 Å². The molecule has 0 amide bonds. The molecule has 0 aromatic rings. The van der Waals surface area contributed by atoms with Crippen molar-refractivity contribution in [2.45, 2.75) is 117 Å². The van der Waals surface area contributed by atoms with E-state index in [0.717, 1.165) is 16.6 Å². The van der Waals surface area contributed by atoms with Crippen LogP contribution < -0.4 is 0 Å². The Morgan fingerprint density at radius 2 is 0.909 bits per heavy atom. The molecule has 0 fully saturated rings. The summed E-state index contributed by atoms with van der Waals surface area (Å²) in [4.78, 5) is 0. The van der Waals surface area contributed by atoms with Gasteiger partial charge in [0.1, 0.15) is 0 Å². The summed E-state index contributed by atoms with van der Waals surface area (Å²) in [6.45, 7) is 31.7. The van der Waals surface area contributed by atoms with Crippen molar-refractivity contribution in [1.82, 2.24) is 0 Å². The molecule has 0 aliphatic rings. The molecule has 0 aliphatic carbocycles. The van der Waals surface area contributed by atoms with Crippen LogP contribution in [0.4, 0.5) is 0 Å². The van der Waals surface area contributed by atoms with Crippen molar-refractivity contribution in [3.05, 3.63) is 0 Å². The number of rotatable bonds is 9. The second-order valence-electron chi connectivity index (χ2n) is 9.14. The van der Waals surface area contributed by atoms with Crippen LogP contribution in [0.5, 0.6) is 0 Å². The van der Waals surface area contributed by atoms with Crippen molar-refractivity contribution >= 4 is 29.8 Å². The van der Waals surface area contributed by atoms with E-state index < -0.39 is 23.2 Å². The second-order valence-corrected chi connectivity index (χ2v) is 41.2. The first kappa shape index (κ1) is 23.1. The smallest absolute Gasteiger partial charge is 0.0809 e. The van der Waals surface area contributed by atoms with Gasteiger partial charge in [0, 0.05) is 0 Å². The standard InChI is InChI=1S/C18H45PSi3/c1-13-21(14-2,15-3)19(20(10,11)12)22(16(4)5,17(6)7)18(8)9/h16-18H,13-15H2,1-12H3. The molecule has 0 heterocycles. The predicted molar refractivity (Wildman–Crippen MR) is 119 cm³/mol. The second kappa shape index (κ2) is 8.45. The lowest BCUT2D eigenvalue weighted by Crippen LogP contribution is -2.56. The summed E-state index contributed by atoms with van der Waals surface area (Å²) < 4.78 is 0. The van der Waals surface area contributed by atoms with Gasteiger partial charge in [-0.05, 0) is 16.6 Å². The fraction of sp³-hybridized carbons (Fsp3) is 1.00. The van der Waals surface area contributed by atoms with Crippen LogP contribution >= 0.6 is 6.57 Å². The van der Waals surface area contributed by atoms with Gasteiger partial charge in [-0.25, -0.2) is 0 Å². The lowest BCUT2D eigenvalue weighted by atomic mass is 10.5. The van der Waals surface area contributed by atoms with Crippen molar-refractivity contribution < 1.29 is 0 Å². The third-order valence-electron chi connectivity index (χ3n) is 6.28. The molecule has 22 heavy (non-hydrogen) atoms. The SMILES string of the molecule is CC[Si](CC)(CC)P([Si](C)(C)C)[Si](C(C)C)(C(C)C)C(C)C. The molecule has 1 unspecified atom stereocenters. The highest BCUT2D eigenvalue weighted by Gasteiger charge is 2.59. The van der Waals surface area contributed by atoms with Crippen molar-refractivity contribution in [2.75, 3.05) is 0 Å². The zero-order chi connectivity index (χ0) is 17.9. The summed E-state index contributed by atoms with van der Waals surface area (Å²) in [6, 6.07) is 4.62. The molecule has 4 heteroatoms. The summed E-state index contributed by atoms with van der Waals surface area (Å²) in [7, 11) is -3.54. The van der Waals surface area contributed by atoms with Gasteiger partial charge >= 0.3 is 0 Å². The van der Waals surface area contributed by atoms with Crippen LogP contribution in [-0.2, 0) is 0 Å². The van der Waals surface area contributed by atoms with Gasteiger partial charge in [0.25, 0.3) is 0 Å². The first-order chi connectivity index (χ1) is 9.88. The molecular formula is C18H45PSi3. The topological polar surface area (TPSA) is 0 Å². The van der Waals surface area contributed by atoms with Gasteiger partial charge in [-0.1, -0.05) is 100 Å². The Balaban J connectivity index is 6.61. The van der Waals surface area contributed by atoms with Crippen molar-refractivity contribution in [3.8, 4) is 0 Å². The number of hydrogen-bond donors (Lipinski definition) is 0. The zero-order valence-corrected chi connectivity index (χ0v) is 21.7. The summed E-state index contributed by atoms with van der Waals surface area (Å²) in [5.41, 5.74) is 2.84. The molecule has 0 radical (unpaired) electrons. The Morgan fingerprint density at radius 3 is 1.05 bits per heavy atom. The van der Waals surface area contributed by atoms with Gasteiger partial charge in [0.15, 0.2) is 0 Å². The van der Waals surface area contributed by atoms with Gasteiger partial charge in [-0.2, -0.15) is 0 Å². The van der Waals surface area contributed by atoms with Crippen molar-refractivity contribution in [3.63, 3.8) is 0 Å². The molecule has 0 N–H and O–H groups in total. The maximum absolute atomic E-state index is 2.73. The monoisotopic (exact) mass is 376 g/mol. The lowest BCUT2D eigenvalue weighted by molar-refractivity contribution is 0.850. The van der Waals surface area contributed by atoms with Crippen LogP contribution in [0.2, 0.25) is 54.4 Å². The highest BCUT2D eigenvalue weighted by Crippen LogP contribution is 2.73. The quantitative estimate of drug-likeness (QED) is 0.279. The molecule has 0 saturated carbocycles. The van der Waals surface area contributed by atoms with Crippen LogP contribution in [0.3, 0.4) is 0 Å². The lowest BCUT2D eigenvalue weighted by Gasteiger charge is -2.60.